The van der Waals surface area contributed by atoms with Crippen LogP contribution in [0.2, 0.25) is 0 Å². The number of ether oxygens (including phenoxy) is 4. The van der Waals surface area contributed by atoms with Gasteiger partial charge in [0, 0.05) is 17.9 Å². The molecule has 30 heavy (non-hydrogen) atoms. The number of benzene rings is 2. The van der Waals surface area contributed by atoms with Gasteiger partial charge in [-0.15, -0.1) is 0 Å². The molecule has 0 aliphatic heterocycles. The Kier molecular flexibility index (Phi) is 4.58. The lowest BCUT2D eigenvalue weighted by atomic mass is 9.94. The molecule has 0 spiro atoms. The quantitative estimate of drug-likeness (QED) is 0.483. The highest BCUT2D eigenvalue weighted by atomic mass is 16.5. The highest BCUT2D eigenvalue weighted by molar-refractivity contribution is 6.07. The van der Waals surface area contributed by atoms with Crippen LogP contribution < -0.4 is 24.5 Å². The van der Waals surface area contributed by atoms with Crippen LogP contribution in [0.15, 0.2) is 24.4 Å². The number of hydrogen-bond acceptors (Lipinski definition) is 4. The van der Waals surface area contributed by atoms with E-state index in [0.29, 0.717) is 5.92 Å². The molecule has 3 aromatic rings. The molecule has 5 heteroatoms. The van der Waals surface area contributed by atoms with Crippen LogP contribution in [-0.2, 0) is 16.5 Å². The van der Waals surface area contributed by atoms with Crippen LogP contribution in [0.3, 0.4) is 0 Å². The van der Waals surface area contributed by atoms with E-state index in [1.165, 1.54) is 45.3 Å². The summed E-state index contributed by atoms with van der Waals surface area (Å²) in [6.45, 7) is 0. The van der Waals surface area contributed by atoms with E-state index in [1.807, 2.05) is 0 Å². The molecule has 2 aromatic carbocycles. The third-order valence-corrected chi connectivity index (χ3v) is 6.51. The fourth-order valence-corrected chi connectivity index (χ4v) is 5.02. The van der Waals surface area contributed by atoms with E-state index >= 15 is 0 Å². The largest absolute Gasteiger partial charge is 0.497 e. The van der Waals surface area contributed by atoms with Crippen LogP contribution in [-0.4, -0.2) is 34.5 Å². The van der Waals surface area contributed by atoms with Crippen molar-refractivity contribution in [3.05, 3.63) is 40.4 Å². The second kappa shape index (κ2) is 7.17. The third-order valence-electron chi connectivity index (χ3n) is 6.51. The average Bonchev–Trinajstić information content (AvgIpc) is 3.61. The number of rotatable bonds is 5. The molecule has 0 radical (unpaired) electrons. The molecule has 2 aliphatic carbocycles. The Morgan fingerprint density at radius 1 is 0.933 bits per heavy atom. The van der Waals surface area contributed by atoms with E-state index in [1.54, 1.807) is 28.4 Å². The van der Waals surface area contributed by atoms with Crippen molar-refractivity contribution < 1.29 is 23.5 Å². The lowest BCUT2D eigenvalue weighted by Crippen LogP contribution is -2.45. The van der Waals surface area contributed by atoms with Gasteiger partial charge in [-0.3, -0.25) is 0 Å². The van der Waals surface area contributed by atoms with E-state index in [2.05, 4.69) is 42.1 Å². The zero-order chi connectivity index (χ0) is 21.0. The molecule has 1 heterocycles. The van der Waals surface area contributed by atoms with Gasteiger partial charge in [0.2, 0.25) is 5.52 Å². The Balaban J connectivity index is 1.94. The molecule has 2 aliphatic rings. The summed E-state index contributed by atoms with van der Waals surface area (Å²) in [6.07, 6.45) is 7.57. The van der Waals surface area contributed by atoms with Gasteiger partial charge in [-0.1, -0.05) is 12.1 Å². The highest BCUT2D eigenvalue weighted by Crippen LogP contribution is 2.51. The molecule has 0 amide bonds. The van der Waals surface area contributed by atoms with E-state index in [4.69, 9.17) is 18.9 Å². The Bertz CT molecular complexity index is 1290. The van der Waals surface area contributed by atoms with Crippen molar-refractivity contribution in [3.63, 3.8) is 0 Å². The maximum atomic E-state index is 5.79. The Morgan fingerprint density at radius 2 is 1.70 bits per heavy atom. The number of methoxy groups -OCH3 is 4. The van der Waals surface area contributed by atoms with Gasteiger partial charge in [0.25, 0.3) is 0 Å². The molecule has 1 atom stereocenters. The summed E-state index contributed by atoms with van der Waals surface area (Å²) >= 11 is 0. The van der Waals surface area contributed by atoms with Gasteiger partial charge in [0.05, 0.1) is 37.3 Å². The first-order chi connectivity index (χ1) is 14.6. The normalized spacial score (nSPS) is 18.3. The van der Waals surface area contributed by atoms with E-state index in [0.717, 1.165) is 28.9 Å². The Labute approximate surface area is 176 Å². The predicted octanol–water partition coefficient (Wildman–Crippen LogP) is 2.67. The van der Waals surface area contributed by atoms with Crippen molar-refractivity contribution in [2.45, 2.75) is 31.3 Å². The molecule has 0 bridgehead atoms. The van der Waals surface area contributed by atoms with Crippen LogP contribution in [0, 0.1) is 0 Å². The van der Waals surface area contributed by atoms with E-state index in [-0.39, 0.29) is 6.10 Å². The predicted molar refractivity (Wildman–Crippen MR) is 117 cm³/mol. The number of nitrogens with zero attached hydrogens (tertiary/aromatic N) is 1. The van der Waals surface area contributed by atoms with Gasteiger partial charge in [-0.2, -0.15) is 4.57 Å². The van der Waals surface area contributed by atoms with Crippen molar-refractivity contribution in [2.75, 3.05) is 28.4 Å². The van der Waals surface area contributed by atoms with Crippen molar-refractivity contribution in [2.24, 2.45) is 7.05 Å². The first-order valence-corrected chi connectivity index (χ1v) is 10.4. The fourth-order valence-electron chi connectivity index (χ4n) is 5.02. The Hall–Kier alpha value is -2.79. The number of fused-ring (bicyclic) bond motifs is 5. The van der Waals surface area contributed by atoms with Crippen LogP contribution in [0.1, 0.15) is 30.7 Å². The first-order valence-electron chi connectivity index (χ1n) is 10.4. The van der Waals surface area contributed by atoms with Crippen LogP contribution in [0.25, 0.3) is 33.5 Å². The van der Waals surface area contributed by atoms with Crippen molar-refractivity contribution >= 4 is 33.5 Å². The molecule has 1 fully saturated rings. The van der Waals surface area contributed by atoms with Gasteiger partial charge in [-0.25, -0.2) is 0 Å². The molecule has 5 rings (SSSR count). The topological polar surface area (TPSA) is 40.8 Å². The smallest absolute Gasteiger partial charge is 0.220 e. The molecule has 1 saturated carbocycles. The second-order valence-electron chi connectivity index (χ2n) is 8.16. The molecule has 0 saturated heterocycles. The maximum absolute atomic E-state index is 5.79. The second-order valence-corrected chi connectivity index (χ2v) is 8.16. The summed E-state index contributed by atoms with van der Waals surface area (Å²) in [6, 6.07) is 6.61. The summed E-state index contributed by atoms with van der Waals surface area (Å²) in [5.74, 6) is 3.10. The minimum absolute atomic E-state index is 0.0498. The van der Waals surface area contributed by atoms with Crippen LogP contribution in [0.5, 0.6) is 11.5 Å². The summed E-state index contributed by atoms with van der Waals surface area (Å²) < 4.78 is 25.1. The minimum Gasteiger partial charge on any atom is -0.497 e. The molecule has 1 unspecified atom stereocenters. The van der Waals surface area contributed by atoms with Crippen molar-refractivity contribution in [1.29, 1.82) is 0 Å². The third kappa shape index (κ3) is 2.68. The van der Waals surface area contributed by atoms with Crippen LogP contribution >= 0.6 is 0 Å². The van der Waals surface area contributed by atoms with Gasteiger partial charge in [0.1, 0.15) is 18.9 Å². The zero-order valence-corrected chi connectivity index (χ0v) is 18.2. The molecule has 1 aromatic heterocycles. The Morgan fingerprint density at radius 3 is 2.33 bits per heavy atom. The van der Waals surface area contributed by atoms with Crippen LogP contribution in [0.4, 0.5) is 0 Å². The van der Waals surface area contributed by atoms with Crippen molar-refractivity contribution in [3.8, 4) is 11.5 Å². The molecular formula is C25H28NO4+. The monoisotopic (exact) mass is 406 g/mol. The number of pyridine rings is 1. The SMILES string of the molecule is COC1=c2c[n+](C)c3c(ccc4c(C5CC5)c(OC)c(OC)cc43)c2=CCC1OC. The minimum atomic E-state index is -0.0498. The molecule has 5 nitrogen and oxygen atoms in total. The molecule has 0 N–H and O–H groups in total. The standard InChI is InChI=1S/C25H28NO4/c1-26-13-19-15(10-11-20(27-2)24(19)29-4)17-9-8-16-18(23(17)26)12-21(28-3)25(30-5)22(16)14-6-7-14/h8-10,12-14,20H,6-7,11H2,1-5H3/q+1. The number of aromatic nitrogens is 1. The van der Waals surface area contributed by atoms with Gasteiger partial charge < -0.3 is 18.9 Å². The molecule has 156 valence electrons. The number of hydrogen-bond donors (Lipinski definition) is 0. The van der Waals surface area contributed by atoms with Gasteiger partial charge >= 0.3 is 0 Å². The maximum Gasteiger partial charge on any atom is 0.220 e. The van der Waals surface area contributed by atoms with Crippen molar-refractivity contribution in [1.82, 2.24) is 0 Å². The lowest BCUT2D eigenvalue weighted by molar-refractivity contribution is -0.644. The molecular weight excluding hydrogens is 378 g/mol. The fraction of sp³-hybridized carbons (Fsp3) is 0.400. The first kappa shape index (κ1) is 19.2. The average molecular weight is 407 g/mol. The van der Waals surface area contributed by atoms with E-state index in [9.17, 15) is 0 Å². The van der Waals surface area contributed by atoms with Gasteiger partial charge in [0.15, 0.2) is 17.7 Å². The number of aryl methyl sites for hydroxylation is 1. The van der Waals surface area contributed by atoms with E-state index < -0.39 is 0 Å². The summed E-state index contributed by atoms with van der Waals surface area (Å²) in [7, 11) is 9.00. The highest BCUT2D eigenvalue weighted by Gasteiger charge is 2.32. The van der Waals surface area contributed by atoms with Gasteiger partial charge in [-0.05, 0) is 42.7 Å². The summed E-state index contributed by atoms with van der Waals surface area (Å²) in [5, 5.41) is 5.95. The lowest BCUT2D eigenvalue weighted by Gasteiger charge is -2.20. The summed E-state index contributed by atoms with van der Waals surface area (Å²) in [4.78, 5) is 0. The summed E-state index contributed by atoms with van der Waals surface area (Å²) in [5.41, 5.74) is 2.47. The zero-order valence-electron chi connectivity index (χ0n) is 18.2.